The van der Waals surface area contributed by atoms with Crippen molar-refractivity contribution in [3.8, 4) is 0 Å². The van der Waals surface area contributed by atoms with Crippen molar-refractivity contribution < 1.29 is 9.53 Å². The van der Waals surface area contributed by atoms with Gasteiger partial charge in [0.05, 0.1) is 6.61 Å². The summed E-state index contributed by atoms with van der Waals surface area (Å²) in [7, 11) is 0. The number of aryl methyl sites for hydroxylation is 1. The van der Waals surface area contributed by atoms with Gasteiger partial charge in [0, 0.05) is 12.2 Å². The Labute approximate surface area is 114 Å². The highest BCUT2D eigenvalue weighted by atomic mass is 16.5. The Morgan fingerprint density at radius 2 is 2.11 bits per heavy atom. The third-order valence-corrected chi connectivity index (χ3v) is 3.50. The molecule has 1 fully saturated rings. The second kappa shape index (κ2) is 6.68. The normalized spacial score (nSPS) is 19.8. The van der Waals surface area contributed by atoms with Crippen LogP contribution in [0.4, 0.5) is 5.69 Å². The van der Waals surface area contributed by atoms with Crippen LogP contribution >= 0.6 is 0 Å². The highest BCUT2D eigenvalue weighted by molar-refractivity contribution is 5.97. The molecule has 0 aromatic heterocycles. The van der Waals surface area contributed by atoms with E-state index in [1.807, 2.05) is 17.0 Å². The number of hydrogen-bond donors (Lipinski definition) is 1. The third-order valence-electron chi connectivity index (χ3n) is 3.50. The molecule has 1 aliphatic rings. The van der Waals surface area contributed by atoms with Gasteiger partial charge in [-0.2, -0.15) is 0 Å². The number of ether oxygens (including phenoxy) is 1. The van der Waals surface area contributed by atoms with Crippen molar-refractivity contribution in [2.24, 2.45) is 5.73 Å². The number of nitrogens with zero attached hydrogens (tertiary/aromatic N) is 1. The van der Waals surface area contributed by atoms with Crippen LogP contribution in [-0.2, 0) is 16.0 Å². The number of carbonyl (C=O) groups is 1. The molecular formula is C15H22N2O2. The lowest BCUT2D eigenvalue weighted by molar-refractivity contribution is -0.134. The van der Waals surface area contributed by atoms with E-state index in [0.717, 1.165) is 18.5 Å². The molecule has 1 aromatic carbocycles. The molecule has 4 nitrogen and oxygen atoms in total. The fraction of sp³-hybridized carbons (Fsp3) is 0.533. The summed E-state index contributed by atoms with van der Waals surface area (Å²) < 4.78 is 5.54. The molecule has 1 aromatic rings. The van der Waals surface area contributed by atoms with E-state index in [4.69, 9.17) is 10.5 Å². The topological polar surface area (TPSA) is 55.6 Å². The Bertz CT molecular complexity index is 417. The van der Waals surface area contributed by atoms with Crippen molar-refractivity contribution in [3.05, 3.63) is 29.8 Å². The number of amides is 1. The molecule has 1 atom stereocenters. The lowest BCUT2D eigenvalue weighted by atomic mass is 10.1. The summed E-state index contributed by atoms with van der Waals surface area (Å²) in [5.41, 5.74) is 7.73. The summed E-state index contributed by atoms with van der Waals surface area (Å²) in [6.45, 7) is 3.94. The number of morpholine rings is 1. The first-order chi connectivity index (χ1) is 9.26. The first-order valence-corrected chi connectivity index (χ1v) is 6.98. The minimum atomic E-state index is -0.330. The number of carbonyl (C=O) groups excluding carboxylic acids is 1. The van der Waals surface area contributed by atoms with Crippen LogP contribution in [-0.4, -0.2) is 31.7 Å². The smallest absolute Gasteiger partial charge is 0.256 e. The SMILES string of the molecule is CCc1ccc(N2CCOC(CCCN)C2=O)cc1. The molecular weight excluding hydrogens is 240 g/mol. The first-order valence-electron chi connectivity index (χ1n) is 6.98. The van der Waals surface area contributed by atoms with Crippen molar-refractivity contribution in [1.82, 2.24) is 0 Å². The Hall–Kier alpha value is -1.39. The van der Waals surface area contributed by atoms with Gasteiger partial charge < -0.3 is 15.4 Å². The van der Waals surface area contributed by atoms with Crippen LogP contribution in [0, 0.1) is 0 Å². The molecule has 1 heterocycles. The number of anilines is 1. The highest BCUT2D eigenvalue weighted by Gasteiger charge is 2.29. The van der Waals surface area contributed by atoms with Crippen molar-refractivity contribution in [1.29, 1.82) is 0 Å². The van der Waals surface area contributed by atoms with Gasteiger partial charge in [0.1, 0.15) is 6.10 Å². The van der Waals surface area contributed by atoms with Crippen molar-refractivity contribution in [2.45, 2.75) is 32.3 Å². The molecule has 1 saturated heterocycles. The lowest BCUT2D eigenvalue weighted by Gasteiger charge is -2.32. The molecule has 0 aliphatic carbocycles. The maximum absolute atomic E-state index is 12.3. The summed E-state index contributed by atoms with van der Waals surface area (Å²) in [4.78, 5) is 14.2. The number of rotatable bonds is 5. The van der Waals surface area contributed by atoms with E-state index in [1.54, 1.807) is 0 Å². The quantitative estimate of drug-likeness (QED) is 0.879. The van der Waals surface area contributed by atoms with E-state index in [-0.39, 0.29) is 12.0 Å². The lowest BCUT2D eigenvalue weighted by Crippen LogP contribution is -2.48. The number of benzene rings is 1. The Balaban J connectivity index is 2.07. The molecule has 4 heteroatoms. The van der Waals surface area contributed by atoms with Crippen LogP contribution in [0.1, 0.15) is 25.3 Å². The Morgan fingerprint density at radius 1 is 1.37 bits per heavy atom. The Morgan fingerprint density at radius 3 is 2.74 bits per heavy atom. The van der Waals surface area contributed by atoms with Crippen molar-refractivity contribution in [2.75, 3.05) is 24.6 Å². The fourth-order valence-electron chi connectivity index (χ4n) is 2.32. The molecule has 0 saturated carbocycles. The zero-order chi connectivity index (χ0) is 13.7. The molecule has 2 N–H and O–H groups in total. The van der Waals surface area contributed by atoms with E-state index in [9.17, 15) is 4.79 Å². The second-order valence-corrected chi connectivity index (χ2v) is 4.80. The molecule has 19 heavy (non-hydrogen) atoms. The van der Waals surface area contributed by atoms with Gasteiger partial charge in [-0.15, -0.1) is 0 Å². The predicted octanol–water partition coefficient (Wildman–Crippen LogP) is 1.72. The monoisotopic (exact) mass is 262 g/mol. The molecule has 1 aliphatic heterocycles. The molecule has 2 rings (SSSR count). The molecule has 1 unspecified atom stereocenters. The minimum Gasteiger partial charge on any atom is -0.367 e. The van der Waals surface area contributed by atoms with E-state index >= 15 is 0 Å². The minimum absolute atomic E-state index is 0.0592. The zero-order valence-corrected chi connectivity index (χ0v) is 11.5. The van der Waals surface area contributed by atoms with Gasteiger partial charge in [-0.1, -0.05) is 19.1 Å². The fourth-order valence-corrected chi connectivity index (χ4v) is 2.32. The maximum atomic E-state index is 12.3. The highest BCUT2D eigenvalue weighted by Crippen LogP contribution is 2.21. The number of hydrogen-bond acceptors (Lipinski definition) is 3. The van der Waals surface area contributed by atoms with Crippen LogP contribution in [0.3, 0.4) is 0 Å². The molecule has 0 spiro atoms. The van der Waals surface area contributed by atoms with Gasteiger partial charge in [0.2, 0.25) is 0 Å². The predicted molar refractivity (Wildman–Crippen MR) is 76.2 cm³/mol. The standard InChI is InChI=1S/C15H22N2O2/c1-2-12-5-7-13(8-6-12)17-10-11-19-14(15(17)18)4-3-9-16/h5-8,14H,2-4,9-11,16H2,1H3. The summed E-state index contributed by atoms with van der Waals surface area (Å²) in [6.07, 6.45) is 2.21. The first kappa shape index (κ1) is 14.0. The van der Waals surface area contributed by atoms with Crippen LogP contribution < -0.4 is 10.6 Å². The summed E-state index contributed by atoms with van der Waals surface area (Å²) >= 11 is 0. The van der Waals surface area contributed by atoms with Gasteiger partial charge in [-0.3, -0.25) is 4.79 Å². The molecule has 104 valence electrons. The van der Waals surface area contributed by atoms with Crippen LogP contribution in [0.15, 0.2) is 24.3 Å². The van der Waals surface area contributed by atoms with E-state index in [0.29, 0.717) is 26.1 Å². The largest absolute Gasteiger partial charge is 0.367 e. The maximum Gasteiger partial charge on any atom is 0.256 e. The van der Waals surface area contributed by atoms with Crippen molar-refractivity contribution >= 4 is 11.6 Å². The molecule has 0 bridgehead atoms. The summed E-state index contributed by atoms with van der Waals surface area (Å²) in [5.74, 6) is 0.0592. The zero-order valence-electron chi connectivity index (χ0n) is 11.5. The average Bonchev–Trinajstić information content (AvgIpc) is 2.46. The van der Waals surface area contributed by atoms with Crippen LogP contribution in [0.5, 0.6) is 0 Å². The molecule has 0 radical (unpaired) electrons. The van der Waals surface area contributed by atoms with Gasteiger partial charge in [0.25, 0.3) is 5.91 Å². The molecule has 1 amide bonds. The summed E-state index contributed by atoms with van der Waals surface area (Å²) in [6, 6.07) is 8.18. The third kappa shape index (κ3) is 3.33. The van der Waals surface area contributed by atoms with E-state index in [2.05, 4.69) is 19.1 Å². The van der Waals surface area contributed by atoms with Crippen LogP contribution in [0.2, 0.25) is 0 Å². The summed E-state index contributed by atoms with van der Waals surface area (Å²) in [5, 5.41) is 0. The van der Waals surface area contributed by atoms with Crippen LogP contribution in [0.25, 0.3) is 0 Å². The van der Waals surface area contributed by atoms with Gasteiger partial charge in [-0.25, -0.2) is 0 Å². The number of nitrogens with two attached hydrogens (primary N) is 1. The van der Waals surface area contributed by atoms with E-state index < -0.39 is 0 Å². The Kier molecular flexibility index (Phi) is 4.93. The average molecular weight is 262 g/mol. The second-order valence-electron chi connectivity index (χ2n) is 4.80. The van der Waals surface area contributed by atoms with Gasteiger partial charge >= 0.3 is 0 Å². The van der Waals surface area contributed by atoms with E-state index in [1.165, 1.54) is 5.56 Å². The van der Waals surface area contributed by atoms with Gasteiger partial charge in [-0.05, 0) is 43.5 Å². The van der Waals surface area contributed by atoms with Crippen molar-refractivity contribution in [3.63, 3.8) is 0 Å². The van der Waals surface area contributed by atoms with Gasteiger partial charge in [0.15, 0.2) is 0 Å².